The summed E-state index contributed by atoms with van der Waals surface area (Å²) in [5, 5.41) is 4.91. The molecule has 3 heterocycles. The van der Waals surface area contributed by atoms with Crippen LogP contribution in [-0.4, -0.2) is 17.1 Å². The second kappa shape index (κ2) is 7.38. The van der Waals surface area contributed by atoms with Crippen molar-refractivity contribution >= 4 is 10.9 Å². The Bertz CT molecular complexity index is 902. The maximum absolute atomic E-state index is 4.99. The van der Waals surface area contributed by atoms with Crippen molar-refractivity contribution in [2.24, 2.45) is 0 Å². The minimum Gasteiger partial charge on any atom is -0.311 e. The number of aryl methyl sites for hydroxylation is 2. The lowest BCUT2D eigenvalue weighted by atomic mass is 9.85. The van der Waals surface area contributed by atoms with Crippen LogP contribution in [0.1, 0.15) is 41.9 Å². The third kappa shape index (κ3) is 3.38. The van der Waals surface area contributed by atoms with Gasteiger partial charge in [0.25, 0.3) is 5.03 Å². The van der Waals surface area contributed by atoms with Crippen molar-refractivity contribution in [3.05, 3.63) is 83.6 Å². The summed E-state index contributed by atoms with van der Waals surface area (Å²) in [6.07, 6.45) is 6.07. The molecule has 3 atom stereocenters. The summed E-state index contributed by atoms with van der Waals surface area (Å²) in [4.78, 5) is 7.65. The predicted octanol–water partition coefficient (Wildman–Crippen LogP) is 5.40. The molecule has 3 aromatic rings. The summed E-state index contributed by atoms with van der Waals surface area (Å²) in [7, 11) is -0.169. The van der Waals surface area contributed by atoms with Crippen LogP contribution in [0, 0.1) is 13.8 Å². The van der Waals surface area contributed by atoms with E-state index in [0.717, 1.165) is 11.1 Å². The molecule has 0 radical (unpaired) electrons. The summed E-state index contributed by atoms with van der Waals surface area (Å²) in [5.74, 6) is 0.640. The molecule has 1 aromatic heterocycles. The van der Waals surface area contributed by atoms with Crippen molar-refractivity contribution in [1.82, 2.24) is 10.3 Å². The maximum atomic E-state index is 4.99. The van der Waals surface area contributed by atoms with Crippen LogP contribution in [0.5, 0.6) is 0 Å². The van der Waals surface area contributed by atoms with Gasteiger partial charge in [-0.1, -0.05) is 41.5 Å². The van der Waals surface area contributed by atoms with Crippen LogP contribution in [-0.2, 0) is 10.9 Å². The molecule has 0 saturated carbocycles. The molecule has 0 unspecified atom stereocenters. The molecule has 2 aliphatic rings. The molecular weight excluding hydrogens is 360 g/mol. The Morgan fingerprint density at radius 3 is 1.93 bits per heavy atom. The Morgan fingerprint density at radius 2 is 1.46 bits per heavy atom. The lowest BCUT2D eigenvalue weighted by Crippen LogP contribution is -2.21. The maximum Gasteiger partial charge on any atom is 0.258 e. The van der Waals surface area contributed by atoms with Gasteiger partial charge in [0.2, 0.25) is 0 Å². The molecule has 3 heteroatoms. The van der Waals surface area contributed by atoms with E-state index >= 15 is 0 Å². The van der Waals surface area contributed by atoms with Crippen LogP contribution < -0.4 is 5.32 Å². The summed E-state index contributed by atoms with van der Waals surface area (Å²) in [6.45, 7) is 4.29. The van der Waals surface area contributed by atoms with Gasteiger partial charge in [-0.3, -0.25) is 0 Å². The number of nitrogens with one attached hydrogen (secondary N) is 1. The highest BCUT2D eigenvalue weighted by Gasteiger charge is 2.40. The fourth-order valence-electron chi connectivity index (χ4n) is 4.65. The Morgan fingerprint density at radius 1 is 0.821 bits per heavy atom. The summed E-state index contributed by atoms with van der Waals surface area (Å²) < 4.78 is 0. The van der Waals surface area contributed by atoms with E-state index in [4.69, 9.17) is 4.98 Å². The number of pyridine rings is 1. The number of fused-ring (bicyclic) bond motifs is 2. The zero-order valence-electron chi connectivity index (χ0n) is 16.6. The average Bonchev–Trinajstić information content (AvgIpc) is 3.35. The molecule has 1 N–H and O–H groups in total. The topological polar surface area (TPSA) is 24.9 Å². The van der Waals surface area contributed by atoms with Crippen LogP contribution in [0.4, 0.5) is 0 Å². The molecule has 0 aliphatic carbocycles. The Hall–Kier alpha value is -2.10. The van der Waals surface area contributed by atoms with Crippen molar-refractivity contribution in [1.29, 1.82) is 0 Å². The monoisotopic (exact) mass is 387 g/mol. The van der Waals surface area contributed by atoms with E-state index in [2.05, 4.69) is 86.0 Å². The minimum absolute atomic E-state index is 0.169. The molecule has 5 rings (SSSR count). The van der Waals surface area contributed by atoms with Crippen LogP contribution in [0.2, 0.25) is 0 Å². The highest BCUT2D eigenvalue weighted by Crippen LogP contribution is 2.40. The lowest BCUT2D eigenvalue weighted by Gasteiger charge is -2.20. The highest BCUT2D eigenvalue weighted by atomic mass is 32.2. The molecule has 28 heavy (non-hydrogen) atoms. The molecule has 142 valence electrons. The van der Waals surface area contributed by atoms with E-state index in [-0.39, 0.29) is 10.9 Å². The van der Waals surface area contributed by atoms with Gasteiger partial charge in [-0.05, 0) is 62.9 Å². The Labute approximate surface area is 170 Å². The molecule has 2 saturated heterocycles. The molecule has 2 aliphatic heterocycles. The van der Waals surface area contributed by atoms with Crippen LogP contribution >= 0.6 is 0 Å². The first kappa shape index (κ1) is 18.0. The van der Waals surface area contributed by atoms with Gasteiger partial charge in [-0.15, -0.1) is 0 Å². The number of rotatable bonds is 4. The van der Waals surface area contributed by atoms with E-state index in [1.807, 2.05) is 0 Å². The number of nitrogens with zero attached hydrogens (tertiary/aromatic N) is 1. The first-order chi connectivity index (χ1) is 13.7. The Balaban J connectivity index is 1.50. The third-order valence-electron chi connectivity index (χ3n) is 6.21. The SMILES string of the molecule is Cc1ccc([S+](c2ccc(C)cc2)c2ccc([C@@H]3C[C@@H]4CC[C@@H]3N4)cn2)cc1. The average molecular weight is 388 g/mol. The lowest BCUT2D eigenvalue weighted by molar-refractivity contribution is 0.505. The zero-order valence-corrected chi connectivity index (χ0v) is 17.4. The van der Waals surface area contributed by atoms with Gasteiger partial charge in [0.15, 0.2) is 9.79 Å². The summed E-state index contributed by atoms with van der Waals surface area (Å²) in [5.41, 5.74) is 3.99. The molecule has 2 aromatic carbocycles. The molecular formula is C25H27N2S+. The van der Waals surface area contributed by atoms with E-state index in [0.29, 0.717) is 12.0 Å². The predicted molar refractivity (Wildman–Crippen MR) is 116 cm³/mol. The van der Waals surface area contributed by atoms with Crippen LogP contribution in [0.15, 0.2) is 81.7 Å². The smallest absolute Gasteiger partial charge is 0.258 e. The van der Waals surface area contributed by atoms with Gasteiger partial charge in [-0.2, -0.15) is 0 Å². The number of hydrogen-bond acceptors (Lipinski definition) is 2. The molecule has 0 amide bonds. The first-order valence-corrected chi connectivity index (χ1v) is 11.5. The van der Waals surface area contributed by atoms with Crippen molar-refractivity contribution < 1.29 is 0 Å². The van der Waals surface area contributed by atoms with E-state index < -0.39 is 0 Å². The normalized spacial score (nSPS) is 23.5. The third-order valence-corrected chi connectivity index (χ3v) is 8.36. The van der Waals surface area contributed by atoms with E-state index in [9.17, 15) is 0 Å². The second-order valence-corrected chi connectivity index (χ2v) is 10.2. The molecule has 2 bridgehead atoms. The number of hydrogen-bond donors (Lipinski definition) is 1. The van der Waals surface area contributed by atoms with Gasteiger partial charge >= 0.3 is 0 Å². The van der Waals surface area contributed by atoms with Crippen LogP contribution in [0.25, 0.3) is 0 Å². The van der Waals surface area contributed by atoms with Gasteiger partial charge in [0.1, 0.15) is 10.9 Å². The minimum atomic E-state index is -0.169. The standard InChI is InChI=1S/C25H27N2S/c1-17-3-9-21(10-4-17)28(22-11-5-18(2)6-12-22)25-14-7-19(16-26-25)23-15-20-8-13-24(23)27-20/h3-7,9-12,14,16,20,23-24,27H,8,13,15H2,1-2H3/q+1/t20-,23-,24-/m0/s1. The van der Waals surface area contributed by atoms with Gasteiger partial charge in [0.05, 0.1) is 0 Å². The first-order valence-electron chi connectivity index (χ1n) is 10.3. The molecule has 2 nitrogen and oxygen atoms in total. The quantitative estimate of drug-likeness (QED) is 0.606. The van der Waals surface area contributed by atoms with E-state index in [1.165, 1.54) is 45.7 Å². The fraction of sp³-hybridized carbons (Fsp3) is 0.320. The zero-order chi connectivity index (χ0) is 19.1. The van der Waals surface area contributed by atoms with Gasteiger partial charge in [0, 0.05) is 30.3 Å². The fourth-order valence-corrected chi connectivity index (χ4v) is 6.58. The van der Waals surface area contributed by atoms with E-state index in [1.54, 1.807) is 0 Å². The number of benzene rings is 2. The van der Waals surface area contributed by atoms with Gasteiger partial charge in [-0.25, -0.2) is 4.98 Å². The van der Waals surface area contributed by atoms with Crippen molar-refractivity contribution in [2.75, 3.05) is 0 Å². The van der Waals surface area contributed by atoms with Crippen molar-refractivity contribution in [3.63, 3.8) is 0 Å². The summed E-state index contributed by atoms with van der Waals surface area (Å²) >= 11 is 0. The highest BCUT2D eigenvalue weighted by molar-refractivity contribution is 7.97. The summed E-state index contributed by atoms with van der Waals surface area (Å²) in [6, 6.07) is 23.8. The van der Waals surface area contributed by atoms with Crippen LogP contribution in [0.3, 0.4) is 0 Å². The van der Waals surface area contributed by atoms with Gasteiger partial charge < -0.3 is 5.32 Å². The second-order valence-electron chi connectivity index (χ2n) is 8.25. The van der Waals surface area contributed by atoms with Crippen molar-refractivity contribution in [3.8, 4) is 0 Å². The number of aromatic nitrogens is 1. The largest absolute Gasteiger partial charge is 0.311 e. The molecule has 0 spiro atoms. The Kier molecular flexibility index (Phi) is 4.73. The molecule has 2 fully saturated rings. The van der Waals surface area contributed by atoms with Crippen molar-refractivity contribution in [2.45, 2.75) is 65.9 Å².